The maximum Gasteiger partial charge on any atom is 0.246 e. The molecule has 1 atom stereocenters. The minimum Gasteiger partial charge on any atom is -0.453 e. The van der Waals surface area contributed by atoms with Crippen LogP contribution in [0.5, 0.6) is 11.5 Å². The van der Waals surface area contributed by atoms with E-state index in [1.807, 2.05) is 6.92 Å². The average molecular weight is 356 g/mol. The summed E-state index contributed by atoms with van der Waals surface area (Å²) in [6.07, 6.45) is 7.02. The van der Waals surface area contributed by atoms with Crippen LogP contribution in [0.2, 0.25) is 0 Å². The second-order valence-corrected chi connectivity index (χ2v) is 6.10. The Bertz CT molecular complexity index is 780. The Morgan fingerprint density at radius 1 is 1.38 bits per heavy atom. The highest BCUT2D eigenvalue weighted by Crippen LogP contribution is 2.25. The van der Waals surface area contributed by atoms with Crippen LogP contribution in [0, 0.1) is 5.82 Å². The molecule has 2 heterocycles. The lowest BCUT2D eigenvalue weighted by molar-refractivity contribution is -0.127. The summed E-state index contributed by atoms with van der Waals surface area (Å²) in [5.74, 6) is -0.0268. The van der Waals surface area contributed by atoms with Crippen molar-refractivity contribution in [3.05, 3.63) is 60.2 Å². The van der Waals surface area contributed by atoms with E-state index in [1.54, 1.807) is 35.4 Å². The maximum absolute atomic E-state index is 14.2. The third kappa shape index (κ3) is 4.67. The van der Waals surface area contributed by atoms with Crippen LogP contribution in [0.3, 0.4) is 0 Å². The van der Waals surface area contributed by atoms with Crippen LogP contribution in [0.1, 0.15) is 18.9 Å². The fraction of sp³-hybridized carbons (Fsp3) is 0.300. The zero-order chi connectivity index (χ0) is 18.4. The number of hydrogen-bond acceptors (Lipinski definition) is 4. The summed E-state index contributed by atoms with van der Waals surface area (Å²) in [7, 11) is 0. The highest BCUT2D eigenvalue weighted by atomic mass is 19.1. The molecule has 136 valence electrons. The van der Waals surface area contributed by atoms with E-state index in [9.17, 15) is 9.18 Å². The van der Waals surface area contributed by atoms with Crippen molar-refractivity contribution in [2.24, 2.45) is 0 Å². The smallest absolute Gasteiger partial charge is 0.246 e. The number of carbonyl (C=O) groups excluding carboxylic acids is 1. The minimum atomic E-state index is -0.500. The first-order valence-electron chi connectivity index (χ1n) is 8.57. The highest BCUT2D eigenvalue weighted by molar-refractivity contribution is 5.92. The molecule has 6 heteroatoms. The van der Waals surface area contributed by atoms with E-state index >= 15 is 0 Å². The number of carbonyl (C=O) groups is 1. The van der Waals surface area contributed by atoms with Gasteiger partial charge in [-0.05, 0) is 49.2 Å². The molecular formula is C20H21FN2O3. The molecule has 0 saturated carbocycles. The van der Waals surface area contributed by atoms with E-state index in [2.05, 4.69) is 4.98 Å². The van der Waals surface area contributed by atoms with Crippen molar-refractivity contribution in [3.63, 3.8) is 0 Å². The van der Waals surface area contributed by atoms with Gasteiger partial charge in [0.1, 0.15) is 5.75 Å². The summed E-state index contributed by atoms with van der Waals surface area (Å²) in [6, 6.07) is 8.12. The lowest BCUT2D eigenvalue weighted by Crippen LogP contribution is -2.38. The second-order valence-electron chi connectivity index (χ2n) is 6.10. The number of nitrogens with zero attached hydrogens (tertiary/aromatic N) is 2. The van der Waals surface area contributed by atoms with E-state index in [-0.39, 0.29) is 17.7 Å². The molecule has 1 unspecified atom stereocenters. The zero-order valence-corrected chi connectivity index (χ0v) is 14.6. The van der Waals surface area contributed by atoms with Gasteiger partial charge in [0.2, 0.25) is 5.91 Å². The lowest BCUT2D eigenvalue weighted by atomic mass is 10.1. The molecule has 2 aromatic rings. The Morgan fingerprint density at radius 3 is 3.04 bits per heavy atom. The number of pyridine rings is 1. The molecule has 0 spiro atoms. The van der Waals surface area contributed by atoms with E-state index in [1.165, 1.54) is 24.4 Å². The molecule has 5 nitrogen and oxygen atoms in total. The van der Waals surface area contributed by atoms with Crippen molar-refractivity contribution >= 4 is 12.0 Å². The van der Waals surface area contributed by atoms with Gasteiger partial charge in [-0.2, -0.15) is 0 Å². The van der Waals surface area contributed by atoms with Gasteiger partial charge in [0.05, 0.1) is 12.8 Å². The topological polar surface area (TPSA) is 51.7 Å². The predicted octanol–water partition coefficient (Wildman–Crippen LogP) is 3.66. The SMILES string of the molecule is CC1CCOCCN1C(=O)/C=C/c1ccc(Oc2cccnc2)c(F)c1. The molecule has 1 aliphatic rings. The zero-order valence-electron chi connectivity index (χ0n) is 14.6. The molecule has 0 radical (unpaired) electrons. The van der Waals surface area contributed by atoms with Gasteiger partial charge in [0, 0.05) is 31.5 Å². The molecule has 0 bridgehead atoms. The molecule has 1 amide bonds. The summed E-state index contributed by atoms with van der Waals surface area (Å²) in [5, 5.41) is 0. The van der Waals surface area contributed by atoms with Gasteiger partial charge in [-0.1, -0.05) is 6.07 Å². The number of halogens is 1. The minimum absolute atomic E-state index is 0.0981. The van der Waals surface area contributed by atoms with Crippen molar-refractivity contribution in [1.82, 2.24) is 9.88 Å². The summed E-state index contributed by atoms with van der Waals surface area (Å²) in [4.78, 5) is 18.1. The van der Waals surface area contributed by atoms with Crippen molar-refractivity contribution < 1.29 is 18.7 Å². The van der Waals surface area contributed by atoms with E-state index in [4.69, 9.17) is 9.47 Å². The molecule has 3 rings (SSSR count). The van der Waals surface area contributed by atoms with Crippen LogP contribution in [0.15, 0.2) is 48.8 Å². The van der Waals surface area contributed by atoms with Crippen molar-refractivity contribution in [3.8, 4) is 11.5 Å². The molecule has 0 aliphatic carbocycles. The Kier molecular flexibility index (Phi) is 5.96. The Morgan fingerprint density at radius 2 is 2.27 bits per heavy atom. The van der Waals surface area contributed by atoms with Crippen LogP contribution < -0.4 is 4.74 Å². The first-order valence-corrected chi connectivity index (χ1v) is 8.57. The molecule has 1 fully saturated rings. The van der Waals surface area contributed by atoms with Gasteiger partial charge in [0.25, 0.3) is 0 Å². The highest BCUT2D eigenvalue weighted by Gasteiger charge is 2.20. The molecule has 1 aromatic heterocycles. The Labute approximate surface area is 152 Å². The lowest BCUT2D eigenvalue weighted by Gasteiger charge is -2.24. The monoisotopic (exact) mass is 356 g/mol. The van der Waals surface area contributed by atoms with E-state index in [0.29, 0.717) is 31.1 Å². The van der Waals surface area contributed by atoms with Crippen molar-refractivity contribution in [2.75, 3.05) is 19.8 Å². The molecule has 1 aromatic carbocycles. The molecule has 1 aliphatic heterocycles. The second kappa shape index (κ2) is 8.58. The molecule has 26 heavy (non-hydrogen) atoms. The summed E-state index contributed by atoms with van der Waals surface area (Å²) < 4.78 is 25.1. The van der Waals surface area contributed by atoms with Crippen molar-refractivity contribution in [1.29, 1.82) is 0 Å². The maximum atomic E-state index is 14.2. The van der Waals surface area contributed by atoms with Gasteiger partial charge < -0.3 is 14.4 Å². The van der Waals surface area contributed by atoms with E-state index < -0.39 is 5.82 Å². The fourth-order valence-electron chi connectivity index (χ4n) is 2.72. The number of rotatable bonds is 4. The standard InChI is InChI=1S/C20H21FN2O3/c1-15-8-11-25-12-10-23(15)20(24)7-5-16-4-6-19(18(21)13-16)26-17-3-2-9-22-14-17/h2-7,9,13-15H,8,10-12H2,1H3/b7-5+. The molecular weight excluding hydrogens is 335 g/mol. The van der Waals surface area contributed by atoms with Gasteiger partial charge in [0.15, 0.2) is 11.6 Å². The summed E-state index contributed by atoms with van der Waals surface area (Å²) in [5.41, 5.74) is 0.591. The van der Waals surface area contributed by atoms with Crippen molar-refractivity contribution in [2.45, 2.75) is 19.4 Å². The predicted molar refractivity (Wildman–Crippen MR) is 96.4 cm³/mol. The van der Waals surface area contributed by atoms with Crippen LogP contribution in [-0.2, 0) is 9.53 Å². The molecule has 0 N–H and O–H groups in total. The number of amides is 1. The van der Waals surface area contributed by atoms with Gasteiger partial charge in [-0.25, -0.2) is 4.39 Å². The number of hydrogen-bond donors (Lipinski definition) is 0. The van der Waals surface area contributed by atoms with Crippen LogP contribution in [0.25, 0.3) is 6.08 Å². The normalized spacial score (nSPS) is 17.9. The van der Waals surface area contributed by atoms with Gasteiger partial charge in [-0.3, -0.25) is 9.78 Å². The van der Waals surface area contributed by atoms with Gasteiger partial charge >= 0.3 is 0 Å². The molecule has 1 saturated heterocycles. The number of benzene rings is 1. The Hall–Kier alpha value is -2.73. The quantitative estimate of drug-likeness (QED) is 0.785. The van der Waals surface area contributed by atoms with Crippen LogP contribution >= 0.6 is 0 Å². The van der Waals surface area contributed by atoms with Gasteiger partial charge in [-0.15, -0.1) is 0 Å². The van der Waals surface area contributed by atoms with E-state index in [0.717, 1.165) is 6.42 Å². The first kappa shape index (κ1) is 18.1. The van der Waals surface area contributed by atoms with Crippen LogP contribution in [0.4, 0.5) is 4.39 Å². The largest absolute Gasteiger partial charge is 0.453 e. The summed E-state index contributed by atoms with van der Waals surface area (Å²) in [6.45, 7) is 3.78. The first-order chi connectivity index (χ1) is 12.6. The average Bonchev–Trinajstić information content (AvgIpc) is 2.87. The van der Waals surface area contributed by atoms with Crippen LogP contribution in [-0.4, -0.2) is 41.6 Å². The number of ether oxygens (including phenoxy) is 2. The Balaban J connectivity index is 1.67. The summed E-state index contributed by atoms with van der Waals surface area (Å²) >= 11 is 0. The third-order valence-electron chi connectivity index (χ3n) is 4.21. The number of aromatic nitrogens is 1. The fourth-order valence-corrected chi connectivity index (χ4v) is 2.72. The third-order valence-corrected chi connectivity index (χ3v) is 4.21.